The monoisotopic (exact) mass is 411 g/mol. The first kappa shape index (κ1) is 24.6. The van der Waals surface area contributed by atoms with Crippen molar-refractivity contribution in [3.63, 3.8) is 0 Å². The van der Waals surface area contributed by atoms with Crippen LogP contribution in [0.1, 0.15) is 47.0 Å². The molecule has 164 valence electrons. The standard InChI is InChI=1S/C20H33N3O6/c1-8-12-28-17(24)16-13(2)22-18(21)23(19(25)29-20(3,4)5)14(16)10-9-11-15(26-6)27-7/h8,14-15H,1,9-12H2,2-7H3,(H2,21,22). The van der Waals surface area contributed by atoms with Crippen LogP contribution in [0.2, 0.25) is 0 Å². The number of hydrogen-bond donors (Lipinski definition) is 1. The van der Waals surface area contributed by atoms with Crippen LogP contribution in [0.25, 0.3) is 0 Å². The SMILES string of the molecule is C=CCOC(=O)C1=C(C)N=C(N)N(C(=O)OC(C)(C)C)C1CCCC(OC)OC. The number of nitrogens with zero attached hydrogens (tertiary/aromatic N) is 2. The summed E-state index contributed by atoms with van der Waals surface area (Å²) in [5, 5.41) is 0. The number of aliphatic imine (C=N–C) groups is 1. The van der Waals surface area contributed by atoms with E-state index in [4.69, 9.17) is 24.7 Å². The fourth-order valence-electron chi connectivity index (χ4n) is 2.93. The Kier molecular flexibility index (Phi) is 9.32. The second-order valence-corrected chi connectivity index (χ2v) is 7.55. The molecule has 29 heavy (non-hydrogen) atoms. The van der Waals surface area contributed by atoms with Crippen LogP contribution in [0.4, 0.5) is 4.79 Å². The van der Waals surface area contributed by atoms with Gasteiger partial charge in [-0.1, -0.05) is 12.7 Å². The Labute approximate surface area is 172 Å². The van der Waals surface area contributed by atoms with Crippen molar-refractivity contribution in [2.75, 3.05) is 20.8 Å². The van der Waals surface area contributed by atoms with E-state index in [-0.39, 0.29) is 24.4 Å². The number of methoxy groups -OCH3 is 2. The van der Waals surface area contributed by atoms with Gasteiger partial charge in [0.1, 0.15) is 12.2 Å². The number of rotatable bonds is 9. The summed E-state index contributed by atoms with van der Waals surface area (Å²) in [6, 6.07) is -0.686. The van der Waals surface area contributed by atoms with Crippen LogP contribution in [0.15, 0.2) is 28.9 Å². The van der Waals surface area contributed by atoms with Crippen LogP contribution in [-0.4, -0.2) is 61.7 Å². The highest BCUT2D eigenvalue weighted by Crippen LogP contribution is 2.28. The van der Waals surface area contributed by atoms with Crippen molar-refractivity contribution in [1.29, 1.82) is 0 Å². The molecule has 1 rings (SSSR count). The van der Waals surface area contributed by atoms with Gasteiger partial charge < -0.3 is 24.7 Å². The third-order valence-electron chi connectivity index (χ3n) is 4.15. The Balaban J connectivity index is 3.20. The minimum absolute atomic E-state index is 0.0305. The zero-order valence-corrected chi connectivity index (χ0v) is 18.2. The topological polar surface area (TPSA) is 113 Å². The van der Waals surface area contributed by atoms with Gasteiger partial charge in [-0.25, -0.2) is 19.5 Å². The first-order chi connectivity index (χ1) is 13.6. The van der Waals surface area contributed by atoms with Crippen LogP contribution in [0.5, 0.6) is 0 Å². The van der Waals surface area contributed by atoms with E-state index in [2.05, 4.69) is 11.6 Å². The van der Waals surface area contributed by atoms with Crippen molar-refractivity contribution in [2.45, 2.75) is 64.9 Å². The van der Waals surface area contributed by atoms with Crippen molar-refractivity contribution >= 4 is 18.0 Å². The van der Waals surface area contributed by atoms with Crippen molar-refractivity contribution in [2.24, 2.45) is 10.7 Å². The van der Waals surface area contributed by atoms with Crippen LogP contribution >= 0.6 is 0 Å². The Morgan fingerprint density at radius 3 is 2.45 bits per heavy atom. The van der Waals surface area contributed by atoms with Gasteiger partial charge in [0.2, 0.25) is 5.96 Å². The maximum absolute atomic E-state index is 12.8. The largest absolute Gasteiger partial charge is 0.458 e. The van der Waals surface area contributed by atoms with Crippen LogP contribution in [0, 0.1) is 0 Å². The molecule has 9 heteroatoms. The molecule has 0 saturated heterocycles. The third kappa shape index (κ3) is 7.17. The molecule has 0 radical (unpaired) electrons. The van der Waals surface area contributed by atoms with E-state index < -0.39 is 23.7 Å². The van der Waals surface area contributed by atoms with Crippen LogP contribution in [-0.2, 0) is 23.7 Å². The summed E-state index contributed by atoms with van der Waals surface area (Å²) in [4.78, 5) is 30.9. The van der Waals surface area contributed by atoms with Gasteiger partial charge in [0.05, 0.1) is 17.3 Å². The summed E-state index contributed by atoms with van der Waals surface area (Å²) in [6.07, 6.45) is 1.97. The van der Waals surface area contributed by atoms with Gasteiger partial charge >= 0.3 is 12.1 Å². The number of amides is 1. The molecule has 0 aromatic rings. The second kappa shape index (κ2) is 11.0. The quantitative estimate of drug-likeness (QED) is 0.352. The minimum atomic E-state index is -0.737. The fraction of sp³-hybridized carbons (Fsp3) is 0.650. The predicted molar refractivity (Wildman–Crippen MR) is 109 cm³/mol. The second-order valence-electron chi connectivity index (χ2n) is 7.55. The summed E-state index contributed by atoms with van der Waals surface area (Å²) in [5.41, 5.74) is 5.97. The number of nitrogens with two attached hydrogens (primary N) is 1. The summed E-state index contributed by atoms with van der Waals surface area (Å²) in [6.45, 7) is 10.5. The van der Waals surface area contributed by atoms with E-state index in [0.717, 1.165) is 0 Å². The van der Waals surface area contributed by atoms with E-state index in [9.17, 15) is 9.59 Å². The molecule has 0 fully saturated rings. The number of guanidine groups is 1. The summed E-state index contributed by atoms with van der Waals surface area (Å²) in [5.74, 6) is -0.607. The average molecular weight is 411 g/mol. The van der Waals surface area contributed by atoms with Gasteiger partial charge in [-0.05, 0) is 47.0 Å². The van der Waals surface area contributed by atoms with E-state index in [1.807, 2.05) is 0 Å². The maximum atomic E-state index is 12.8. The molecule has 0 spiro atoms. The van der Waals surface area contributed by atoms with Gasteiger partial charge in [-0.2, -0.15) is 0 Å². The highest BCUT2D eigenvalue weighted by molar-refractivity contribution is 6.00. The van der Waals surface area contributed by atoms with Gasteiger partial charge in [0, 0.05) is 14.2 Å². The number of hydrogen-bond acceptors (Lipinski definition) is 8. The molecule has 1 unspecified atom stereocenters. The Hall–Kier alpha value is -2.39. The molecule has 0 saturated carbocycles. The fourth-order valence-corrected chi connectivity index (χ4v) is 2.93. The summed E-state index contributed by atoms with van der Waals surface area (Å²) >= 11 is 0. The maximum Gasteiger partial charge on any atom is 0.417 e. The number of ether oxygens (including phenoxy) is 4. The molecule has 0 aliphatic carbocycles. The lowest BCUT2D eigenvalue weighted by atomic mass is 9.96. The zero-order valence-electron chi connectivity index (χ0n) is 18.2. The predicted octanol–water partition coefficient (Wildman–Crippen LogP) is 2.71. The summed E-state index contributed by atoms with van der Waals surface area (Å²) in [7, 11) is 3.10. The highest BCUT2D eigenvalue weighted by atomic mass is 16.7. The molecule has 1 amide bonds. The number of esters is 1. The van der Waals surface area contributed by atoms with Gasteiger partial charge in [0.25, 0.3) is 0 Å². The molecule has 2 N–H and O–H groups in total. The van der Waals surface area contributed by atoms with Gasteiger partial charge in [-0.15, -0.1) is 0 Å². The summed E-state index contributed by atoms with van der Waals surface area (Å²) < 4.78 is 21.1. The number of allylic oxidation sites excluding steroid dienone is 1. The van der Waals surface area contributed by atoms with E-state index in [1.165, 1.54) is 11.0 Å². The van der Waals surface area contributed by atoms with Crippen molar-refractivity contribution < 1.29 is 28.5 Å². The normalized spacial score (nSPS) is 17.3. The third-order valence-corrected chi connectivity index (χ3v) is 4.15. The van der Waals surface area contributed by atoms with Crippen LogP contribution in [0.3, 0.4) is 0 Å². The number of carbonyl (C=O) groups excluding carboxylic acids is 2. The van der Waals surface area contributed by atoms with Crippen molar-refractivity contribution in [1.82, 2.24) is 4.90 Å². The molecule has 1 atom stereocenters. The molecule has 1 aliphatic rings. The lowest BCUT2D eigenvalue weighted by Gasteiger charge is -2.36. The van der Waals surface area contributed by atoms with E-state index in [0.29, 0.717) is 25.0 Å². The Morgan fingerprint density at radius 1 is 1.31 bits per heavy atom. The minimum Gasteiger partial charge on any atom is -0.458 e. The molecule has 0 aromatic heterocycles. The Morgan fingerprint density at radius 2 is 1.93 bits per heavy atom. The first-order valence-corrected chi connectivity index (χ1v) is 9.46. The molecule has 1 aliphatic heterocycles. The molecular formula is C20H33N3O6. The zero-order chi connectivity index (χ0) is 22.2. The van der Waals surface area contributed by atoms with Gasteiger partial charge in [-0.3, -0.25) is 0 Å². The molecule has 0 aromatic carbocycles. The van der Waals surface area contributed by atoms with Crippen LogP contribution < -0.4 is 5.73 Å². The lowest BCUT2D eigenvalue weighted by molar-refractivity contribution is -0.138. The highest BCUT2D eigenvalue weighted by Gasteiger charge is 2.39. The molecule has 1 heterocycles. The Bertz CT molecular complexity index is 662. The molecule has 0 bridgehead atoms. The van der Waals surface area contributed by atoms with E-state index >= 15 is 0 Å². The van der Waals surface area contributed by atoms with Gasteiger partial charge in [0.15, 0.2) is 6.29 Å². The molecule has 9 nitrogen and oxygen atoms in total. The smallest absolute Gasteiger partial charge is 0.417 e. The molecular weight excluding hydrogens is 378 g/mol. The number of carbonyl (C=O) groups is 2. The van der Waals surface area contributed by atoms with E-state index in [1.54, 1.807) is 41.9 Å². The van der Waals surface area contributed by atoms with Crippen molar-refractivity contribution in [3.8, 4) is 0 Å². The van der Waals surface area contributed by atoms with Crippen molar-refractivity contribution in [3.05, 3.63) is 23.9 Å². The average Bonchev–Trinajstić information content (AvgIpc) is 2.61. The first-order valence-electron chi connectivity index (χ1n) is 9.46. The lowest BCUT2D eigenvalue weighted by Crippen LogP contribution is -2.54.